The van der Waals surface area contributed by atoms with E-state index in [2.05, 4.69) is 4.98 Å². The Balaban J connectivity index is 1.59. The fraction of sp³-hybridized carbons (Fsp3) is 0.375. The van der Waals surface area contributed by atoms with Gasteiger partial charge in [-0.2, -0.15) is 0 Å². The molecule has 1 saturated heterocycles. The highest BCUT2D eigenvalue weighted by molar-refractivity contribution is 7.91. The Morgan fingerprint density at radius 2 is 1.96 bits per heavy atom. The van der Waals surface area contributed by atoms with Crippen LogP contribution in [0.3, 0.4) is 0 Å². The molecule has 0 spiro atoms. The zero-order valence-electron chi connectivity index (χ0n) is 13.2. The summed E-state index contributed by atoms with van der Waals surface area (Å²) in [4.78, 5) is 17.6. The Kier molecular flexibility index (Phi) is 4.85. The van der Waals surface area contributed by atoms with Crippen molar-refractivity contribution < 1.29 is 26.4 Å². The van der Waals surface area contributed by atoms with Crippen LogP contribution in [-0.4, -0.2) is 48.8 Å². The average Bonchev–Trinajstić information content (AvgIpc) is 3.01. The number of carbonyl (C=O) groups is 1. The maximum absolute atomic E-state index is 13.7. The first-order valence-electron chi connectivity index (χ1n) is 7.72. The van der Waals surface area contributed by atoms with Gasteiger partial charge < -0.3 is 9.32 Å². The van der Waals surface area contributed by atoms with E-state index in [0.29, 0.717) is 0 Å². The molecular weight excluding hydrogens is 354 g/mol. The van der Waals surface area contributed by atoms with E-state index in [1.807, 2.05) is 0 Å². The number of hydrogen-bond donors (Lipinski definition) is 0. The molecule has 0 unspecified atom stereocenters. The van der Waals surface area contributed by atoms with E-state index in [4.69, 9.17) is 4.42 Å². The summed E-state index contributed by atoms with van der Waals surface area (Å²) in [5, 5.41) is 0. The Bertz CT molecular complexity index is 881. The summed E-state index contributed by atoms with van der Waals surface area (Å²) in [7, 11) is -3.04. The molecule has 3 rings (SSSR count). The molecule has 6 nitrogen and oxygen atoms in total. The molecule has 134 valence electrons. The van der Waals surface area contributed by atoms with Gasteiger partial charge in [0.05, 0.1) is 23.3 Å². The quantitative estimate of drug-likeness (QED) is 0.820. The monoisotopic (exact) mass is 370 g/mol. The lowest BCUT2D eigenvalue weighted by Gasteiger charge is -2.26. The second kappa shape index (κ2) is 6.91. The Labute approximate surface area is 143 Å². The fourth-order valence-electron chi connectivity index (χ4n) is 2.57. The van der Waals surface area contributed by atoms with Crippen molar-refractivity contribution in [1.82, 2.24) is 9.88 Å². The van der Waals surface area contributed by atoms with Gasteiger partial charge in [-0.1, -0.05) is 0 Å². The van der Waals surface area contributed by atoms with Crippen LogP contribution in [0.1, 0.15) is 12.3 Å². The lowest BCUT2D eigenvalue weighted by molar-refractivity contribution is -0.130. The standard InChI is InChI=1S/C16H16F2N2O4S/c17-11-1-2-12(13(18)9-11)14-10-19-15(24-14)3-4-16(21)20-5-7-25(22,23)8-6-20/h1-2,9-10H,3-8H2. The first-order valence-corrected chi connectivity index (χ1v) is 9.54. The number of rotatable bonds is 4. The highest BCUT2D eigenvalue weighted by Crippen LogP contribution is 2.24. The van der Waals surface area contributed by atoms with E-state index in [1.165, 1.54) is 17.2 Å². The van der Waals surface area contributed by atoms with Crippen molar-refractivity contribution in [1.29, 1.82) is 0 Å². The van der Waals surface area contributed by atoms with Crippen LogP contribution < -0.4 is 0 Å². The van der Waals surface area contributed by atoms with Gasteiger partial charge in [-0.05, 0) is 12.1 Å². The summed E-state index contributed by atoms with van der Waals surface area (Å²) in [6.45, 7) is 0.386. The molecule has 0 radical (unpaired) electrons. The number of hydrogen-bond acceptors (Lipinski definition) is 5. The number of aryl methyl sites for hydroxylation is 1. The van der Waals surface area contributed by atoms with E-state index in [1.54, 1.807) is 0 Å². The average molecular weight is 370 g/mol. The van der Waals surface area contributed by atoms with Crippen molar-refractivity contribution in [3.8, 4) is 11.3 Å². The molecule has 1 aliphatic rings. The van der Waals surface area contributed by atoms with Crippen molar-refractivity contribution in [3.63, 3.8) is 0 Å². The molecule has 1 amide bonds. The predicted octanol–water partition coefficient (Wildman–Crippen LogP) is 1.81. The van der Waals surface area contributed by atoms with Crippen molar-refractivity contribution in [2.24, 2.45) is 0 Å². The minimum absolute atomic E-state index is 0.0221. The van der Waals surface area contributed by atoms with Crippen LogP contribution in [0.4, 0.5) is 8.78 Å². The molecule has 1 aromatic carbocycles. The summed E-state index contributed by atoms with van der Waals surface area (Å²) < 4.78 is 54.8. The number of sulfone groups is 1. The lowest BCUT2D eigenvalue weighted by atomic mass is 10.2. The minimum Gasteiger partial charge on any atom is -0.441 e. The van der Waals surface area contributed by atoms with Crippen LogP contribution in [0.15, 0.2) is 28.8 Å². The molecule has 0 bridgehead atoms. The molecule has 0 saturated carbocycles. The first kappa shape index (κ1) is 17.5. The van der Waals surface area contributed by atoms with Crippen LogP contribution in [-0.2, 0) is 21.1 Å². The molecule has 9 heteroatoms. The van der Waals surface area contributed by atoms with Gasteiger partial charge in [0.15, 0.2) is 21.5 Å². The Morgan fingerprint density at radius 3 is 2.64 bits per heavy atom. The molecule has 2 aromatic rings. The van der Waals surface area contributed by atoms with E-state index in [9.17, 15) is 22.0 Å². The molecule has 1 fully saturated rings. The maximum Gasteiger partial charge on any atom is 0.223 e. The summed E-state index contributed by atoms with van der Waals surface area (Å²) in [5.74, 6) is -1.25. The normalized spacial score (nSPS) is 16.8. The van der Waals surface area contributed by atoms with Gasteiger partial charge in [0.25, 0.3) is 0 Å². The van der Waals surface area contributed by atoms with Crippen molar-refractivity contribution in [2.75, 3.05) is 24.6 Å². The molecule has 0 N–H and O–H groups in total. The van der Waals surface area contributed by atoms with Crippen LogP contribution in [0.25, 0.3) is 11.3 Å². The number of halogens is 2. The largest absolute Gasteiger partial charge is 0.441 e. The van der Waals surface area contributed by atoms with E-state index < -0.39 is 21.5 Å². The van der Waals surface area contributed by atoms with E-state index in [-0.39, 0.29) is 60.6 Å². The summed E-state index contributed by atoms with van der Waals surface area (Å²) >= 11 is 0. The Hall–Kier alpha value is -2.29. The number of carbonyl (C=O) groups excluding carboxylic acids is 1. The number of amides is 1. The van der Waals surface area contributed by atoms with Gasteiger partial charge in [-0.25, -0.2) is 22.2 Å². The maximum atomic E-state index is 13.7. The minimum atomic E-state index is -3.04. The number of aromatic nitrogens is 1. The van der Waals surface area contributed by atoms with Crippen LogP contribution in [0.5, 0.6) is 0 Å². The summed E-state index contributed by atoms with van der Waals surface area (Å²) in [6.07, 6.45) is 1.65. The number of benzene rings is 1. The van der Waals surface area contributed by atoms with E-state index >= 15 is 0 Å². The lowest BCUT2D eigenvalue weighted by Crippen LogP contribution is -2.43. The smallest absolute Gasteiger partial charge is 0.223 e. The van der Waals surface area contributed by atoms with Gasteiger partial charge in [-0.3, -0.25) is 4.79 Å². The first-order chi connectivity index (χ1) is 11.8. The van der Waals surface area contributed by atoms with Gasteiger partial charge in [-0.15, -0.1) is 0 Å². The van der Waals surface area contributed by atoms with Gasteiger partial charge >= 0.3 is 0 Å². The highest BCUT2D eigenvalue weighted by Gasteiger charge is 2.25. The molecule has 1 aromatic heterocycles. The second-order valence-corrected chi connectivity index (χ2v) is 8.08. The van der Waals surface area contributed by atoms with Crippen molar-refractivity contribution in [2.45, 2.75) is 12.8 Å². The molecule has 25 heavy (non-hydrogen) atoms. The third-order valence-electron chi connectivity index (χ3n) is 4.00. The SMILES string of the molecule is O=C(CCc1ncc(-c2ccc(F)cc2F)o1)N1CCS(=O)(=O)CC1. The Morgan fingerprint density at radius 1 is 1.24 bits per heavy atom. The number of nitrogens with zero attached hydrogens (tertiary/aromatic N) is 2. The van der Waals surface area contributed by atoms with Crippen LogP contribution in [0.2, 0.25) is 0 Å². The predicted molar refractivity (Wildman–Crippen MR) is 85.4 cm³/mol. The third kappa shape index (κ3) is 4.22. The van der Waals surface area contributed by atoms with Gasteiger partial charge in [0.1, 0.15) is 11.6 Å². The summed E-state index contributed by atoms with van der Waals surface area (Å²) in [5.41, 5.74) is 0.0905. The van der Waals surface area contributed by atoms with Crippen molar-refractivity contribution in [3.05, 3.63) is 41.9 Å². The summed E-state index contributed by atoms with van der Waals surface area (Å²) in [6, 6.07) is 3.13. The third-order valence-corrected chi connectivity index (χ3v) is 5.61. The molecule has 1 aliphatic heterocycles. The highest BCUT2D eigenvalue weighted by atomic mass is 32.2. The van der Waals surface area contributed by atoms with Gasteiger partial charge in [0.2, 0.25) is 5.91 Å². The topological polar surface area (TPSA) is 80.5 Å². The molecule has 0 atom stereocenters. The molecule has 2 heterocycles. The van der Waals surface area contributed by atoms with Gasteiger partial charge in [0, 0.05) is 32.0 Å². The molecular formula is C16H16F2N2O4S. The number of oxazole rings is 1. The van der Waals surface area contributed by atoms with Crippen LogP contribution >= 0.6 is 0 Å². The fourth-order valence-corrected chi connectivity index (χ4v) is 3.77. The molecule has 0 aliphatic carbocycles. The van der Waals surface area contributed by atoms with Crippen molar-refractivity contribution >= 4 is 15.7 Å². The van der Waals surface area contributed by atoms with E-state index in [0.717, 1.165) is 12.1 Å². The zero-order valence-corrected chi connectivity index (χ0v) is 14.1. The second-order valence-electron chi connectivity index (χ2n) is 5.78. The zero-order chi connectivity index (χ0) is 18.0. The van der Waals surface area contributed by atoms with Crippen LogP contribution in [0, 0.1) is 11.6 Å².